The van der Waals surface area contributed by atoms with Crippen LogP contribution in [0.1, 0.15) is 27.7 Å². The third-order valence-corrected chi connectivity index (χ3v) is 5.22. The van der Waals surface area contributed by atoms with Crippen LogP contribution in [0.3, 0.4) is 0 Å². The number of imide groups is 1. The monoisotopic (exact) mass is 373 g/mol. The maximum Gasteiger partial charge on any atom is 0.321 e. The first-order chi connectivity index (χ1) is 11.2. The van der Waals surface area contributed by atoms with E-state index >= 15 is 0 Å². The molecule has 1 saturated heterocycles. The summed E-state index contributed by atoms with van der Waals surface area (Å²) >= 11 is 2.74. The van der Waals surface area contributed by atoms with Gasteiger partial charge in [-0.25, -0.2) is 4.79 Å². The Morgan fingerprint density at radius 3 is 2.58 bits per heavy atom. The third-order valence-electron chi connectivity index (χ3n) is 3.05. The second kappa shape index (κ2) is 8.13. The highest BCUT2D eigenvalue weighted by Gasteiger charge is 2.22. The summed E-state index contributed by atoms with van der Waals surface area (Å²) in [6.45, 7) is 10.2. The van der Waals surface area contributed by atoms with Crippen molar-refractivity contribution in [3.8, 4) is 0 Å². The number of carbonyl (C=O) groups is 2. The lowest BCUT2D eigenvalue weighted by Gasteiger charge is -2.25. The van der Waals surface area contributed by atoms with Gasteiger partial charge in [0.05, 0.1) is 18.5 Å². The van der Waals surface area contributed by atoms with Gasteiger partial charge >= 0.3 is 6.03 Å². The minimum atomic E-state index is -0.494. The number of hydrogen-bond donors (Lipinski definition) is 2. The summed E-state index contributed by atoms with van der Waals surface area (Å²) in [5.74, 6) is -0.357. The largest absolute Gasteiger partial charge is 0.378 e. The van der Waals surface area contributed by atoms with Gasteiger partial charge < -0.3 is 15.0 Å². The van der Waals surface area contributed by atoms with E-state index in [-0.39, 0.29) is 5.91 Å². The summed E-state index contributed by atoms with van der Waals surface area (Å²) in [5, 5.41) is 13.7. The van der Waals surface area contributed by atoms with Gasteiger partial charge in [-0.1, -0.05) is 23.1 Å². The Labute approximate surface area is 149 Å². The molecule has 1 atom stereocenters. The van der Waals surface area contributed by atoms with E-state index in [0.717, 1.165) is 18.2 Å². The van der Waals surface area contributed by atoms with Crippen LogP contribution in [0.4, 0.5) is 9.93 Å². The van der Waals surface area contributed by atoms with Crippen molar-refractivity contribution in [2.24, 2.45) is 0 Å². The molecule has 0 radical (unpaired) electrons. The molecule has 2 rings (SSSR count). The van der Waals surface area contributed by atoms with Gasteiger partial charge in [-0.3, -0.25) is 10.1 Å². The highest BCUT2D eigenvalue weighted by molar-refractivity contribution is 8.02. The number of amides is 3. The number of nitrogens with one attached hydrogen (secondary N) is 2. The molecule has 0 aliphatic carbocycles. The maximum atomic E-state index is 12.1. The Kier molecular flexibility index (Phi) is 6.41. The topological polar surface area (TPSA) is 96.4 Å². The number of thioether (sulfide) groups is 1. The summed E-state index contributed by atoms with van der Waals surface area (Å²) in [5.41, 5.74) is -0.396. The predicted octanol–water partition coefficient (Wildman–Crippen LogP) is 1.48. The number of anilines is 1. The average molecular weight is 374 g/mol. The number of aromatic nitrogens is 2. The van der Waals surface area contributed by atoms with Gasteiger partial charge in [0.15, 0.2) is 4.34 Å². The molecule has 2 heterocycles. The fourth-order valence-electron chi connectivity index (χ4n) is 1.92. The van der Waals surface area contributed by atoms with Crippen molar-refractivity contribution in [2.75, 3.05) is 31.2 Å². The van der Waals surface area contributed by atoms with Crippen molar-refractivity contribution in [1.29, 1.82) is 0 Å². The van der Waals surface area contributed by atoms with E-state index in [9.17, 15) is 9.59 Å². The summed E-state index contributed by atoms with van der Waals surface area (Å²) in [6, 6.07) is -0.494. The smallest absolute Gasteiger partial charge is 0.321 e. The summed E-state index contributed by atoms with van der Waals surface area (Å²) in [7, 11) is 0. The van der Waals surface area contributed by atoms with Gasteiger partial charge in [0.2, 0.25) is 11.0 Å². The van der Waals surface area contributed by atoms with Crippen LogP contribution >= 0.6 is 23.1 Å². The minimum Gasteiger partial charge on any atom is -0.378 e. The zero-order valence-corrected chi connectivity index (χ0v) is 15.9. The molecule has 8 nitrogen and oxygen atoms in total. The third kappa shape index (κ3) is 5.91. The molecule has 10 heteroatoms. The molecule has 1 aliphatic rings. The molecular formula is C14H23N5O3S2. The Morgan fingerprint density at radius 2 is 1.96 bits per heavy atom. The van der Waals surface area contributed by atoms with Gasteiger partial charge in [0.25, 0.3) is 0 Å². The van der Waals surface area contributed by atoms with Crippen molar-refractivity contribution in [3.05, 3.63) is 0 Å². The molecule has 1 aliphatic heterocycles. The Hall–Kier alpha value is -1.39. The van der Waals surface area contributed by atoms with E-state index in [4.69, 9.17) is 4.74 Å². The zero-order valence-electron chi connectivity index (χ0n) is 14.3. The molecule has 2 N–H and O–H groups in total. The van der Waals surface area contributed by atoms with E-state index < -0.39 is 16.8 Å². The SMILES string of the molecule is C[C@@H](Sc1nnc(N2CCOCC2)s1)C(=O)NC(=O)NC(C)(C)C. The maximum absolute atomic E-state index is 12.1. The molecule has 24 heavy (non-hydrogen) atoms. The van der Waals surface area contributed by atoms with Gasteiger partial charge in [-0.15, -0.1) is 10.2 Å². The standard InChI is InChI=1S/C14H23N5O3S2/c1-9(10(20)15-11(21)16-14(2,3)4)23-13-18-17-12(24-13)19-5-7-22-8-6-19/h9H,5-8H2,1-4H3,(H2,15,16,20,21)/t9-/m1/s1. The number of ether oxygens (including phenoxy) is 1. The fourth-order valence-corrected chi connectivity index (χ4v) is 3.96. The molecular weight excluding hydrogens is 350 g/mol. The van der Waals surface area contributed by atoms with Gasteiger partial charge in [-0.2, -0.15) is 0 Å². The van der Waals surface area contributed by atoms with Gasteiger partial charge in [0, 0.05) is 18.6 Å². The first-order valence-electron chi connectivity index (χ1n) is 7.70. The van der Waals surface area contributed by atoms with Crippen LogP contribution in [-0.4, -0.2) is 59.2 Å². The van der Waals surface area contributed by atoms with E-state index in [1.165, 1.54) is 23.1 Å². The van der Waals surface area contributed by atoms with Crippen LogP contribution in [0.5, 0.6) is 0 Å². The van der Waals surface area contributed by atoms with Crippen molar-refractivity contribution >= 4 is 40.2 Å². The van der Waals surface area contributed by atoms with Gasteiger partial charge in [-0.05, 0) is 27.7 Å². The summed E-state index contributed by atoms with van der Waals surface area (Å²) < 4.78 is 6.02. The molecule has 0 spiro atoms. The van der Waals surface area contributed by atoms with E-state index in [1.807, 2.05) is 20.8 Å². The highest BCUT2D eigenvalue weighted by Crippen LogP contribution is 2.31. The Morgan fingerprint density at radius 1 is 1.29 bits per heavy atom. The quantitative estimate of drug-likeness (QED) is 0.772. The van der Waals surface area contributed by atoms with E-state index in [2.05, 4.69) is 25.7 Å². The van der Waals surface area contributed by atoms with Crippen LogP contribution in [0.2, 0.25) is 0 Å². The lowest BCUT2D eigenvalue weighted by atomic mass is 10.1. The summed E-state index contributed by atoms with van der Waals surface area (Å²) in [4.78, 5) is 25.9. The number of hydrogen-bond acceptors (Lipinski definition) is 8. The molecule has 1 aromatic heterocycles. The molecule has 0 saturated carbocycles. The second-order valence-electron chi connectivity index (χ2n) is 6.40. The highest BCUT2D eigenvalue weighted by atomic mass is 32.2. The second-order valence-corrected chi connectivity index (χ2v) is 8.95. The number of carbonyl (C=O) groups excluding carboxylic acids is 2. The lowest BCUT2D eigenvalue weighted by molar-refractivity contribution is -0.119. The Balaban J connectivity index is 1.85. The molecule has 1 aromatic rings. The molecule has 0 unspecified atom stereocenters. The number of rotatable bonds is 4. The number of nitrogens with zero attached hydrogens (tertiary/aromatic N) is 3. The van der Waals surface area contributed by atoms with Crippen LogP contribution in [0, 0.1) is 0 Å². The van der Waals surface area contributed by atoms with Crippen LogP contribution < -0.4 is 15.5 Å². The van der Waals surface area contributed by atoms with E-state index in [1.54, 1.807) is 6.92 Å². The van der Waals surface area contributed by atoms with Crippen molar-refractivity contribution < 1.29 is 14.3 Å². The average Bonchev–Trinajstić information content (AvgIpc) is 2.94. The van der Waals surface area contributed by atoms with Crippen LogP contribution in [0.25, 0.3) is 0 Å². The van der Waals surface area contributed by atoms with Crippen LogP contribution in [0.15, 0.2) is 4.34 Å². The van der Waals surface area contributed by atoms with Crippen molar-refractivity contribution in [1.82, 2.24) is 20.8 Å². The van der Waals surface area contributed by atoms with Crippen LogP contribution in [-0.2, 0) is 9.53 Å². The minimum absolute atomic E-state index is 0.357. The summed E-state index contributed by atoms with van der Waals surface area (Å²) in [6.07, 6.45) is 0. The number of morpholine rings is 1. The molecule has 0 bridgehead atoms. The van der Waals surface area contributed by atoms with Crippen molar-refractivity contribution in [3.63, 3.8) is 0 Å². The molecule has 134 valence electrons. The Bertz CT molecular complexity index is 581. The lowest BCUT2D eigenvalue weighted by Crippen LogP contribution is -2.49. The van der Waals surface area contributed by atoms with Crippen molar-refractivity contribution in [2.45, 2.75) is 42.8 Å². The predicted molar refractivity (Wildman–Crippen MR) is 94.7 cm³/mol. The fraction of sp³-hybridized carbons (Fsp3) is 0.714. The first kappa shape index (κ1) is 18.9. The molecule has 3 amide bonds. The zero-order chi connectivity index (χ0) is 17.7. The van der Waals surface area contributed by atoms with Gasteiger partial charge in [0.1, 0.15) is 0 Å². The number of urea groups is 1. The molecule has 0 aromatic carbocycles. The normalized spacial score (nSPS) is 16.6. The first-order valence-corrected chi connectivity index (χ1v) is 9.40. The molecule has 1 fully saturated rings. The van der Waals surface area contributed by atoms with E-state index in [0.29, 0.717) is 17.6 Å².